The van der Waals surface area contributed by atoms with Gasteiger partial charge in [-0.1, -0.05) is 23.8 Å². The van der Waals surface area contributed by atoms with Crippen molar-refractivity contribution in [3.63, 3.8) is 0 Å². The number of benzene rings is 1. The lowest BCUT2D eigenvalue weighted by molar-refractivity contribution is 0.256. The van der Waals surface area contributed by atoms with Gasteiger partial charge in [0.15, 0.2) is 5.65 Å². The first-order chi connectivity index (χ1) is 15.5. The first-order valence-electron chi connectivity index (χ1n) is 10.4. The average molecular weight is 448 g/mol. The average Bonchev–Trinajstić information content (AvgIpc) is 3.42. The lowest BCUT2D eigenvalue weighted by Crippen LogP contribution is -2.17. The van der Waals surface area contributed by atoms with Crippen molar-refractivity contribution in [2.24, 2.45) is 0 Å². The van der Waals surface area contributed by atoms with Crippen LogP contribution in [0.5, 0.6) is 0 Å². The van der Waals surface area contributed by atoms with Crippen LogP contribution in [0.3, 0.4) is 0 Å². The quantitative estimate of drug-likeness (QED) is 0.477. The number of rotatable bonds is 4. The van der Waals surface area contributed by atoms with Crippen molar-refractivity contribution in [1.82, 2.24) is 18.5 Å². The summed E-state index contributed by atoms with van der Waals surface area (Å²) in [5, 5.41) is 19.6. The highest BCUT2D eigenvalue weighted by Crippen LogP contribution is 2.37. The second kappa shape index (κ2) is 7.89. The Hall–Kier alpha value is -3.48. The summed E-state index contributed by atoms with van der Waals surface area (Å²) in [6.45, 7) is -0.226. The minimum absolute atomic E-state index is 0.0951. The van der Waals surface area contributed by atoms with E-state index in [1.165, 1.54) is 10.2 Å². The monoisotopic (exact) mass is 447 g/mol. The van der Waals surface area contributed by atoms with Crippen molar-refractivity contribution in [2.45, 2.75) is 43.2 Å². The number of nitriles is 1. The molecule has 9 heteroatoms. The molecule has 0 unspecified atom stereocenters. The van der Waals surface area contributed by atoms with E-state index in [-0.39, 0.29) is 17.5 Å². The van der Waals surface area contributed by atoms with Gasteiger partial charge < -0.3 is 9.67 Å². The highest BCUT2D eigenvalue weighted by Gasteiger charge is 2.26. The molecule has 0 amide bonds. The Morgan fingerprint density at radius 3 is 2.62 bits per heavy atom. The molecular weight excluding hydrogens is 426 g/mol. The molecule has 0 spiro atoms. The van der Waals surface area contributed by atoms with Gasteiger partial charge >= 0.3 is 0 Å². The molecule has 0 saturated heterocycles. The van der Waals surface area contributed by atoms with Crippen LogP contribution < -0.4 is 0 Å². The second-order valence-electron chi connectivity index (χ2n) is 7.88. The number of aliphatic hydroxyl groups is 1. The summed E-state index contributed by atoms with van der Waals surface area (Å²) in [4.78, 5) is 9.17. The molecule has 3 aromatic heterocycles. The Kier molecular flexibility index (Phi) is 5.04. The van der Waals surface area contributed by atoms with Gasteiger partial charge in [-0.15, -0.1) is 0 Å². The predicted octanol–water partition coefficient (Wildman–Crippen LogP) is 3.68. The zero-order valence-corrected chi connectivity index (χ0v) is 18.0. The van der Waals surface area contributed by atoms with E-state index in [1.807, 2.05) is 4.57 Å². The molecule has 32 heavy (non-hydrogen) atoms. The van der Waals surface area contributed by atoms with Crippen LogP contribution in [0.4, 0.5) is 0 Å². The van der Waals surface area contributed by atoms with E-state index >= 15 is 0 Å². The van der Waals surface area contributed by atoms with E-state index in [9.17, 15) is 13.5 Å². The second-order valence-corrected chi connectivity index (χ2v) is 9.69. The first kappa shape index (κ1) is 20.4. The zero-order valence-electron chi connectivity index (χ0n) is 17.2. The number of aromatic nitrogens is 4. The molecule has 162 valence electrons. The Bertz CT molecular complexity index is 1480. The highest BCUT2D eigenvalue weighted by molar-refractivity contribution is 7.90. The molecule has 1 aliphatic rings. The molecule has 8 nitrogen and oxygen atoms in total. The molecule has 1 aliphatic carbocycles. The fourth-order valence-corrected chi connectivity index (χ4v) is 5.89. The van der Waals surface area contributed by atoms with E-state index in [4.69, 9.17) is 5.26 Å². The van der Waals surface area contributed by atoms with E-state index in [0.717, 1.165) is 36.8 Å². The number of allylic oxidation sites excluding steroid dienone is 2. The largest absolute Gasteiger partial charge is 0.388 e. The normalized spacial score (nSPS) is 17.0. The summed E-state index contributed by atoms with van der Waals surface area (Å²) < 4.78 is 29.7. The maximum absolute atomic E-state index is 13.2. The molecule has 3 heterocycles. The van der Waals surface area contributed by atoms with Gasteiger partial charge in [-0.2, -0.15) is 5.26 Å². The van der Waals surface area contributed by atoms with E-state index in [1.54, 1.807) is 48.7 Å². The molecule has 5 rings (SSSR count). The van der Waals surface area contributed by atoms with E-state index in [0.29, 0.717) is 22.4 Å². The van der Waals surface area contributed by atoms with Crippen molar-refractivity contribution in [3.8, 4) is 6.07 Å². The molecule has 0 aliphatic heterocycles. The van der Waals surface area contributed by atoms with E-state index in [2.05, 4.69) is 16.0 Å². The predicted molar refractivity (Wildman–Crippen MR) is 119 cm³/mol. The van der Waals surface area contributed by atoms with Crippen LogP contribution in [-0.4, -0.2) is 32.0 Å². The molecule has 1 fully saturated rings. The summed E-state index contributed by atoms with van der Waals surface area (Å²) in [5.41, 5.74) is 2.85. The molecule has 0 bridgehead atoms. The van der Waals surface area contributed by atoms with Crippen LogP contribution in [0, 0.1) is 11.3 Å². The highest BCUT2D eigenvalue weighted by atomic mass is 32.2. The number of pyridine rings is 1. The number of imidazole rings is 1. The lowest BCUT2D eigenvalue weighted by Gasteiger charge is -2.27. The van der Waals surface area contributed by atoms with Crippen molar-refractivity contribution >= 4 is 32.1 Å². The van der Waals surface area contributed by atoms with Crippen LogP contribution in [0.15, 0.2) is 65.3 Å². The summed E-state index contributed by atoms with van der Waals surface area (Å²) in [6.07, 6.45) is 7.95. The maximum Gasteiger partial charge on any atom is 0.269 e. The van der Waals surface area contributed by atoms with Crippen LogP contribution >= 0.6 is 0 Å². The van der Waals surface area contributed by atoms with Gasteiger partial charge in [-0.05, 0) is 43.9 Å². The summed E-state index contributed by atoms with van der Waals surface area (Å²) in [7, 11) is -3.80. The molecule has 1 N–H and O–H groups in total. The van der Waals surface area contributed by atoms with Gasteiger partial charge in [0.05, 0.1) is 22.7 Å². The number of hydrogen-bond acceptors (Lipinski definition) is 6. The summed E-state index contributed by atoms with van der Waals surface area (Å²) in [5.74, 6) is 0.533. The number of nitrogens with zero attached hydrogens (tertiary/aromatic N) is 5. The Labute approximate surface area is 185 Å². The third-order valence-corrected chi connectivity index (χ3v) is 7.75. The van der Waals surface area contributed by atoms with Gasteiger partial charge in [0, 0.05) is 23.7 Å². The number of hydrogen-bond donors (Lipinski definition) is 1. The van der Waals surface area contributed by atoms with Crippen LogP contribution in [0.1, 0.15) is 37.5 Å². The third kappa shape index (κ3) is 3.20. The molecule has 1 aromatic carbocycles. The molecule has 0 radical (unpaired) electrons. The number of fused-ring (bicyclic) bond motifs is 3. The summed E-state index contributed by atoms with van der Waals surface area (Å²) in [6, 6.07) is 12.2. The lowest BCUT2D eigenvalue weighted by atomic mass is 9.90. The minimum atomic E-state index is -3.80. The smallest absolute Gasteiger partial charge is 0.269 e. The Morgan fingerprint density at radius 1 is 1.19 bits per heavy atom. The van der Waals surface area contributed by atoms with Crippen LogP contribution in [0.25, 0.3) is 22.1 Å². The summed E-state index contributed by atoms with van der Waals surface area (Å²) >= 11 is 0. The van der Waals surface area contributed by atoms with Gasteiger partial charge in [0.25, 0.3) is 10.0 Å². The van der Waals surface area contributed by atoms with Crippen molar-refractivity contribution < 1.29 is 13.5 Å². The van der Waals surface area contributed by atoms with Crippen LogP contribution in [-0.2, 0) is 16.6 Å². The topological polar surface area (TPSA) is 114 Å². The fraction of sp³-hybridized carbons (Fsp3) is 0.261. The standard InChI is InChI=1S/C23H21N5O3S/c24-12-10-16-6-8-17(9-7-16)28-21(15-29)26-20-14-25-23-19(22(20)28)11-13-27(23)32(30,31)18-4-2-1-3-5-18/h1-5,10-11,13-14,17,29H,6-9,15H2. The van der Waals surface area contributed by atoms with Gasteiger partial charge in [0.2, 0.25) is 0 Å². The first-order valence-corrected chi connectivity index (χ1v) is 11.8. The van der Waals surface area contributed by atoms with Gasteiger partial charge in [-0.3, -0.25) is 0 Å². The maximum atomic E-state index is 13.2. The molecule has 4 aromatic rings. The Morgan fingerprint density at radius 2 is 1.94 bits per heavy atom. The SMILES string of the molecule is N#CC=C1CCC(n2c(CO)nc3cnc4c(ccn4S(=O)(=O)c4ccccc4)c32)CC1. The zero-order chi connectivity index (χ0) is 22.3. The Balaban J connectivity index is 1.67. The molecule has 1 saturated carbocycles. The van der Waals surface area contributed by atoms with E-state index < -0.39 is 10.0 Å². The molecule has 0 atom stereocenters. The third-order valence-electron chi connectivity index (χ3n) is 6.07. The number of aliphatic hydroxyl groups excluding tert-OH is 1. The van der Waals surface area contributed by atoms with Crippen molar-refractivity contribution in [3.05, 3.63) is 66.3 Å². The van der Waals surface area contributed by atoms with Gasteiger partial charge in [0.1, 0.15) is 17.9 Å². The van der Waals surface area contributed by atoms with Gasteiger partial charge in [-0.25, -0.2) is 22.4 Å². The minimum Gasteiger partial charge on any atom is -0.388 e. The van der Waals surface area contributed by atoms with Crippen molar-refractivity contribution in [1.29, 1.82) is 5.26 Å². The fourth-order valence-electron chi connectivity index (χ4n) is 4.57. The molecular formula is C23H21N5O3S. The van der Waals surface area contributed by atoms with Crippen LogP contribution in [0.2, 0.25) is 0 Å². The van der Waals surface area contributed by atoms with Crippen molar-refractivity contribution in [2.75, 3.05) is 0 Å².